The van der Waals surface area contributed by atoms with Gasteiger partial charge < -0.3 is 15.2 Å². The number of hydrogen-bond donors (Lipinski definition) is 2. The molecule has 0 atom stereocenters. The van der Waals surface area contributed by atoms with Crippen molar-refractivity contribution in [2.24, 2.45) is 5.92 Å². The smallest absolute Gasteiger partial charge is 0.220 e. The third-order valence-corrected chi connectivity index (χ3v) is 2.42. The predicted molar refractivity (Wildman–Crippen MR) is 52.0 cm³/mol. The number of aromatic nitrogens is 2. The van der Waals surface area contributed by atoms with Crippen LogP contribution in [0.25, 0.3) is 0 Å². The molecule has 1 saturated heterocycles. The molecule has 0 radical (unpaired) electrons. The molecule has 1 amide bonds. The van der Waals surface area contributed by atoms with Crippen LogP contribution in [0.2, 0.25) is 0 Å². The highest BCUT2D eigenvalue weighted by molar-refractivity contribution is 5.76. The zero-order valence-electron chi connectivity index (χ0n) is 8.40. The van der Waals surface area contributed by atoms with Crippen LogP contribution in [-0.4, -0.2) is 35.7 Å². The van der Waals surface area contributed by atoms with Crippen molar-refractivity contribution in [1.82, 2.24) is 20.8 Å². The molecule has 0 spiro atoms. The third-order valence-electron chi connectivity index (χ3n) is 2.42. The summed E-state index contributed by atoms with van der Waals surface area (Å²) in [6.45, 7) is 2.48. The van der Waals surface area contributed by atoms with Crippen LogP contribution in [0.3, 0.4) is 0 Å². The summed E-state index contributed by atoms with van der Waals surface area (Å²) >= 11 is 0. The monoisotopic (exact) mass is 210 g/mol. The maximum atomic E-state index is 11.4. The summed E-state index contributed by atoms with van der Waals surface area (Å²) in [5, 5.41) is 9.62. The Hall–Kier alpha value is -1.43. The van der Waals surface area contributed by atoms with Crippen LogP contribution < -0.4 is 10.6 Å². The number of hydrogen-bond acceptors (Lipinski definition) is 5. The molecule has 0 bridgehead atoms. The van der Waals surface area contributed by atoms with E-state index < -0.39 is 0 Å². The fourth-order valence-electron chi connectivity index (χ4n) is 1.44. The third kappa shape index (κ3) is 3.02. The van der Waals surface area contributed by atoms with Gasteiger partial charge in [0.05, 0.1) is 0 Å². The van der Waals surface area contributed by atoms with Crippen molar-refractivity contribution in [2.75, 3.05) is 19.6 Å². The largest absolute Gasteiger partial charge is 0.356 e. The lowest BCUT2D eigenvalue weighted by Gasteiger charge is -2.26. The molecule has 1 fully saturated rings. The van der Waals surface area contributed by atoms with E-state index in [4.69, 9.17) is 0 Å². The number of nitrogens with one attached hydrogen (secondary N) is 2. The van der Waals surface area contributed by atoms with Gasteiger partial charge in [-0.05, 0) is 19.0 Å². The molecule has 0 aliphatic carbocycles. The Morgan fingerprint density at radius 1 is 1.67 bits per heavy atom. The van der Waals surface area contributed by atoms with Gasteiger partial charge in [-0.15, -0.1) is 0 Å². The highest BCUT2D eigenvalue weighted by Crippen LogP contribution is 2.07. The Morgan fingerprint density at radius 3 is 3.13 bits per heavy atom. The number of nitrogens with zero attached hydrogens (tertiary/aromatic N) is 2. The van der Waals surface area contributed by atoms with Gasteiger partial charge in [0.15, 0.2) is 5.82 Å². The lowest BCUT2D eigenvalue weighted by molar-refractivity contribution is -0.122. The van der Waals surface area contributed by atoms with Crippen molar-refractivity contribution < 1.29 is 9.32 Å². The normalized spacial score (nSPS) is 16.0. The average Bonchev–Trinajstić information content (AvgIpc) is 2.64. The molecule has 2 N–H and O–H groups in total. The molecule has 2 heterocycles. The zero-order valence-corrected chi connectivity index (χ0v) is 8.40. The van der Waals surface area contributed by atoms with Crippen LogP contribution in [0.5, 0.6) is 0 Å². The summed E-state index contributed by atoms with van der Waals surface area (Å²) in [5.41, 5.74) is 0. The van der Waals surface area contributed by atoms with Crippen LogP contribution >= 0.6 is 0 Å². The van der Waals surface area contributed by atoms with Crippen LogP contribution in [-0.2, 0) is 11.2 Å². The molecule has 1 aromatic heterocycles. The topological polar surface area (TPSA) is 80.0 Å². The standard InChI is InChI=1S/C9H14N4O2/c14-9(3-7-4-10-5-7)11-2-1-8-12-6-15-13-8/h6-7,10H,1-5H2,(H,11,14). The fraction of sp³-hybridized carbons (Fsp3) is 0.667. The van der Waals surface area contributed by atoms with E-state index in [2.05, 4.69) is 25.3 Å². The van der Waals surface area contributed by atoms with E-state index in [0.29, 0.717) is 31.1 Å². The zero-order chi connectivity index (χ0) is 10.5. The van der Waals surface area contributed by atoms with E-state index in [1.165, 1.54) is 6.39 Å². The maximum Gasteiger partial charge on any atom is 0.220 e. The van der Waals surface area contributed by atoms with Crippen LogP contribution in [0.4, 0.5) is 0 Å². The molecule has 82 valence electrons. The minimum atomic E-state index is 0.102. The van der Waals surface area contributed by atoms with Crippen LogP contribution in [0.1, 0.15) is 12.2 Å². The second-order valence-electron chi connectivity index (χ2n) is 3.68. The molecule has 6 heteroatoms. The van der Waals surface area contributed by atoms with Gasteiger partial charge in [0.1, 0.15) is 0 Å². The van der Waals surface area contributed by atoms with E-state index in [-0.39, 0.29) is 5.91 Å². The van der Waals surface area contributed by atoms with Gasteiger partial charge in [-0.2, -0.15) is 4.98 Å². The van der Waals surface area contributed by atoms with Gasteiger partial charge in [-0.1, -0.05) is 5.16 Å². The Kier molecular flexibility index (Phi) is 3.29. The maximum absolute atomic E-state index is 11.4. The summed E-state index contributed by atoms with van der Waals surface area (Å²) in [7, 11) is 0. The first kappa shape index (κ1) is 10.1. The fourth-order valence-corrected chi connectivity index (χ4v) is 1.44. The molecule has 0 aromatic carbocycles. The highest BCUT2D eigenvalue weighted by Gasteiger charge is 2.19. The van der Waals surface area contributed by atoms with E-state index in [0.717, 1.165) is 13.1 Å². The van der Waals surface area contributed by atoms with Gasteiger partial charge in [0.25, 0.3) is 0 Å². The number of carbonyl (C=O) groups is 1. The number of rotatable bonds is 5. The predicted octanol–water partition coefficient (Wildman–Crippen LogP) is -0.662. The summed E-state index contributed by atoms with van der Waals surface area (Å²) in [4.78, 5) is 15.2. The second kappa shape index (κ2) is 4.88. The first-order chi connectivity index (χ1) is 7.34. The number of carbonyl (C=O) groups excluding carboxylic acids is 1. The van der Waals surface area contributed by atoms with Crippen molar-refractivity contribution in [3.63, 3.8) is 0 Å². The molecule has 15 heavy (non-hydrogen) atoms. The SMILES string of the molecule is O=C(CC1CNC1)NCCc1ncon1. The van der Waals surface area contributed by atoms with Crippen molar-refractivity contribution in [3.05, 3.63) is 12.2 Å². The van der Waals surface area contributed by atoms with E-state index >= 15 is 0 Å². The van der Waals surface area contributed by atoms with Gasteiger partial charge in [0.2, 0.25) is 12.3 Å². The molecular formula is C9H14N4O2. The van der Waals surface area contributed by atoms with Gasteiger partial charge in [0, 0.05) is 19.4 Å². The molecule has 1 aromatic rings. The minimum Gasteiger partial charge on any atom is -0.356 e. The molecule has 2 rings (SSSR count). The first-order valence-corrected chi connectivity index (χ1v) is 5.07. The Balaban J connectivity index is 1.58. The van der Waals surface area contributed by atoms with E-state index in [9.17, 15) is 4.79 Å². The quantitative estimate of drug-likeness (QED) is 0.674. The second-order valence-corrected chi connectivity index (χ2v) is 3.68. The molecule has 1 aliphatic rings. The van der Waals surface area contributed by atoms with E-state index in [1.807, 2.05) is 0 Å². The highest BCUT2D eigenvalue weighted by atomic mass is 16.5. The minimum absolute atomic E-state index is 0.102. The molecule has 0 unspecified atom stereocenters. The molecule has 6 nitrogen and oxygen atoms in total. The van der Waals surface area contributed by atoms with E-state index in [1.54, 1.807) is 0 Å². The average molecular weight is 210 g/mol. The van der Waals surface area contributed by atoms with Gasteiger partial charge in [-0.3, -0.25) is 4.79 Å². The van der Waals surface area contributed by atoms with Crippen LogP contribution in [0, 0.1) is 5.92 Å². The van der Waals surface area contributed by atoms with Gasteiger partial charge in [-0.25, -0.2) is 0 Å². The Labute approximate surface area is 87.4 Å². The van der Waals surface area contributed by atoms with Crippen molar-refractivity contribution in [2.45, 2.75) is 12.8 Å². The van der Waals surface area contributed by atoms with Crippen LogP contribution in [0.15, 0.2) is 10.9 Å². The Bertz CT molecular complexity index is 308. The number of amides is 1. The van der Waals surface area contributed by atoms with Gasteiger partial charge >= 0.3 is 0 Å². The summed E-state index contributed by atoms with van der Waals surface area (Å²) < 4.78 is 4.58. The summed E-state index contributed by atoms with van der Waals surface area (Å²) in [6, 6.07) is 0. The summed E-state index contributed by atoms with van der Waals surface area (Å²) in [6.07, 6.45) is 2.52. The lowest BCUT2D eigenvalue weighted by Crippen LogP contribution is -2.44. The Morgan fingerprint density at radius 2 is 2.53 bits per heavy atom. The van der Waals surface area contributed by atoms with Crippen molar-refractivity contribution in [3.8, 4) is 0 Å². The molecule has 0 saturated carbocycles. The molecular weight excluding hydrogens is 196 g/mol. The van der Waals surface area contributed by atoms with Crippen molar-refractivity contribution in [1.29, 1.82) is 0 Å². The lowest BCUT2D eigenvalue weighted by atomic mass is 9.99. The van der Waals surface area contributed by atoms with Crippen molar-refractivity contribution >= 4 is 5.91 Å². The first-order valence-electron chi connectivity index (χ1n) is 5.07. The molecule has 1 aliphatic heterocycles. The summed E-state index contributed by atoms with van der Waals surface area (Å²) in [5.74, 6) is 1.24.